The number of sulfonamides is 1. The minimum Gasteiger partial charge on any atom is -0.355 e. The number of nitrogens with one attached hydrogen (secondary N) is 3. The normalized spacial score (nSPS) is 11.8. The predicted molar refractivity (Wildman–Crippen MR) is 63.6 cm³/mol. The summed E-state index contributed by atoms with van der Waals surface area (Å²) in [6, 6.07) is 0.361. The molecule has 0 radical (unpaired) electrons. The highest BCUT2D eigenvalue weighted by atomic mass is 32.2. The molecule has 0 saturated carbocycles. The zero-order valence-electron chi connectivity index (χ0n) is 10.0. The van der Waals surface area contributed by atoms with Crippen LogP contribution in [0.15, 0.2) is 0 Å². The van der Waals surface area contributed by atoms with Crippen molar-refractivity contribution in [1.82, 2.24) is 15.4 Å². The molecule has 0 aromatic rings. The van der Waals surface area contributed by atoms with Gasteiger partial charge in [-0.05, 0) is 0 Å². The third-order valence-corrected chi connectivity index (χ3v) is 2.44. The van der Waals surface area contributed by atoms with Gasteiger partial charge >= 0.3 is 0 Å². The molecular formula is C9H21N3O3S. The number of carbonyl (C=O) groups excluding carboxylic acids is 1. The highest BCUT2D eigenvalue weighted by Gasteiger charge is 2.02. The highest BCUT2D eigenvalue weighted by Crippen LogP contribution is 1.81. The molecule has 96 valence electrons. The van der Waals surface area contributed by atoms with Crippen molar-refractivity contribution in [2.45, 2.75) is 26.3 Å². The van der Waals surface area contributed by atoms with E-state index >= 15 is 0 Å². The Labute approximate surface area is 97.2 Å². The van der Waals surface area contributed by atoms with Crippen LogP contribution in [-0.4, -0.2) is 46.3 Å². The quantitative estimate of drug-likeness (QED) is 0.485. The molecule has 16 heavy (non-hydrogen) atoms. The van der Waals surface area contributed by atoms with Gasteiger partial charge in [-0.1, -0.05) is 13.8 Å². The summed E-state index contributed by atoms with van der Waals surface area (Å²) in [7, 11) is -3.16. The molecule has 0 aliphatic rings. The first-order chi connectivity index (χ1) is 7.31. The minimum absolute atomic E-state index is 0.0801. The lowest BCUT2D eigenvalue weighted by molar-refractivity contribution is -0.120. The molecule has 0 aromatic heterocycles. The molecular weight excluding hydrogens is 230 g/mol. The standard InChI is InChI=1S/C9H21N3O3S/c1-8(2)10-5-4-9(13)11-6-7-12-16(3,14)15/h8,10,12H,4-7H2,1-3H3,(H,11,13). The molecule has 0 unspecified atom stereocenters. The Morgan fingerprint density at radius 1 is 1.19 bits per heavy atom. The van der Waals surface area contributed by atoms with E-state index in [4.69, 9.17) is 0 Å². The van der Waals surface area contributed by atoms with Gasteiger partial charge in [-0.2, -0.15) is 0 Å². The van der Waals surface area contributed by atoms with Gasteiger partial charge in [0, 0.05) is 32.1 Å². The maximum atomic E-state index is 11.2. The number of hydrogen-bond acceptors (Lipinski definition) is 4. The fraction of sp³-hybridized carbons (Fsp3) is 0.889. The lowest BCUT2D eigenvalue weighted by atomic mass is 10.3. The van der Waals surface area contributed by atoms with Crippen LogP contribution in [0.3, 0.4) is 0 Å². The Bertz CT molecular complexity index is 301. The van der Waals surface area contributed by atoms with Crippen molar-refractivity contribution >= 4 is 15.9 Å². The van der Waals surface area contributed by atoms with Crippen LogP contribution in [0.5, 0.6) is 0 Å². The fourth-order valence-corrected chi connectivity index (χ4v) is 1.47. The zero-order chi connectivity index (χ0) is 12.6. The van der Waals surface area contributed by atoms with E-state index in [-0.39, 0.29) is 12.5 Å². The molecule has 7 heteroatoms. The van der Waals surface area contributed by atoms with E-state index in [0.29, 0.717) is 25.6 Å². The number of hydrogen-bond donors (Lipinski definition) is 3. The maximum absolute atomic E-state index is 11.2. The largest absolute Gasteiger partial charge is 0.355 e. The third kappa shape index (κ3) is 11.4. The van der Waals surface area contributed by atoms with Crippen LogP contribution < -0.4 is 15.4 Å². The van der Waals surface area contributed by atoms with E-state index in [2.05, 4.69) is 15.4 Å². The SMILES string of the molecule is CC(C)NCCC(=O)NCCNS(C)(=O)=O. The average molecular weight is 251 g/mol. The predicted octanol–water partition coefficient (Wildman–Crippen LogP) is -0.960. The molecule has 0 aromatic carbocycles. The van der Waals surface area contributed by atoms with Crippen molar-refractivity contribution in [3.05, 3.63) is 0 Å². The van der Waals surface area contributed by atoms with E-state index in [9.17, 15) is 13.2 Å². The molecule has 0 aliphatic carbocycles. The monoisotopic (exact) mass is 251 g/mol. The second-order valence-electron chi connectivity index (χ2n) is 3.88. The van der Waals surface area contributed by atoms with Gasteiger partial charge in [0.15, 0.2) is 0 Å². The summed E-state index contributed by atoms with van der Waals surface area (Å²) in [5.74, 6) is -0.0801. The Kier molecular flexibility index (Phi) is 7.27. The van der Waals surface area contributed by atoms with E-state index in [1.807, 2.05) is 13.8 Å². The first-order valence-corrected chi connectivity index (χ1v) is 7.15. The summed E-state index contributed by atoms with van der Waals surface area (Å²) in [6.07, 6.45) is 1.48. The van der Waals surface area contributed by atoms with Gasteiger partial charge in [0.25, 0.3) is 0 Å². The Hall–Kier alpha value is -0.660. The van der Waals surface area contributed by atoms with Crippen LogP contribution in [0, 0.1) is 0 Å². The van der Waals surface area contributed by atoms with Crippen molar-refractivity contribution in [3.63, 3.8) is 0 Å². The van der Waals surface area contributed by atoms with Gasteiger partial charge in [-0.25, -0.2) is 13.1 Å². The summed E-state index contributed by atoms with van der Waals surface area (Å²) >= 11 is 0. The average Bonchev–Trinajstić information content (AvgIpc) is 2.10. The summed E-state index contributed by atoms with van der Waals surface area (Å²) in [5, 5.41) is 5.74. The van der Waals surface area contributed by atoms with Crippen LogP contribution in [0.4, 0.5) is 0 Å². The minimum atomic E-state index is -3.16. The second-order valence-corrected chi connectivity index (χ2v) is 5.71. The van der Waals surface area contributed by atoms with Gasteiger partial charge in [0.1, 0.15) is 0 Å². The van der Waals surface area contributed by atoms with Crippen LogP contribution in [0.25, 0.3) is 0 Å². The van der Waals surface area contributed by atoms with Gasteiger partial charge in [0.05, 0.1) is 6.26 Å². The van der Waals surface area contributed by atoms with Crippen molar-refractivity contribution in [1.29, 1.82) is 0 Å². The number of amides is 1. The Morgan fingerprint density at radius 3 is 2.31 bits per heavy atom. The van der Waals surface area contributed by atoms with Crippen molar-refractivity contribution < 1.29 is 13.2 Å². The first-order valence-electron chi connectivity index (χ1n) is 5.26. The van der Waals surface area contributed by atoms with Crippen LogP contribution in [-0.2, 0) is 14.8 Å². The van der Waals surface area contributed by atoms with E-state index < -0.39 is 10.0 Å². The molecule has 0 saturated heterocycles. The molecule has 0 atom stereocenters. The third-order valence-electron chi connectivity index (χ3n) is 1.72. The van der Waals surface area contributed by atoms with Gasteiger partial charge in [0.2, 0.25) is 15.9 Å². The molecule has 0 aliphatic heterocycles. The van der Waals surface area contributed by atoms with Gasteiger partial charge in [-0.15, -0.1) is 0 Å². The van der Waals surface area contributed by atoms with E-state index in [1.165, 1.54) is 0 Å². The van der Waals surface area contributed by atoms with Gasteiger partial charge in [-0.3, -0.25) is 4.79 Å². The van der Waals surface area contributed by atoms with E-state index in [1.54, 1.807) is 0 Å². The number of rotatable bonds is 8. The second kappa shape index (κ2) is 7.59. The smallest absolute Gasteiger partial charge is 0.221 e. The van der Waals surface area contributed by atoms with Crippen LogP contribution in [0.1, 0.15) is 20.3 Å². The van der Waals surface area contributed by atoms with E-state index in [0.717, 1.165) is 6.26 Å². The van der Waals surface area contributed by atoms with Crippen molar-refractivity contribution in [2.75, 3.05) is 25.9 Å². The molecule has 0 heterocycles. The fourth-order valence-electron chi connectivity index (χ4n) is 1.00. The Morgan fingerprint density at radius 2 is 1.81 bits per heavy atom. The lowest BCUT2D eigenvalue weighted by Gasteiger charge is -2.08. The molecule has 6 nitrogen and oxygen atoms in total. The zero-order valence-corrected chi connectivity index (χ0v) is 10.9. The molecule has 1 amide bonds. The topological polar surface area (TPSA) is 87.3 Å². The van der Waals surface area contributed by atoms with Gasteiger partial charge < -0.3 is 10.6 Å². The summed E-state index contributed by atoms with van der Waals surface area (Å²) in [4.78, 5) is 11.2. The summed E-state index contributed by atoms with van der Waals surface area (Å²) < 4.78 is 23.7. The van der Waals surface area contributed by atoms with Crippen molar-refractivity contribution in [3.8, 4) is 0 Å². The molecule has 0 rings (SSSR count). The van der Waals surface area contributed by atoms with Crippen LogP contribution >= 0.6 is 0 Å². The maximum Gasteiger partial charge on any atom is 0.221 e. The molecule has 0 fully saturated rings. The Balaban J connectivity index is 3.45. The number of carbonyl (C=O) groups is 1. The summed E-state index contributed by atoms with van der Waals surface area (Å²) in [6.45, 7) is 5.18. The van der Waals surface area contributed by atoms with Crippen molar-refractivity contribution in [2.24, 2.45) is 0 Å². The lowest BCUT2D eigenvalue weighted by Crippen LogP contribution is -2.36. The molecule has 3 N–H and O–H groups in total. The summed E-state index contributed by atoms with van der Waals surface area (Å²) in [5.41, 5.74) is 0. The molecule has 0 spiro atoms. The molecule has 0 bridgehead atoms. The highest BCUT2D eigenvalue weighted by molar-refractivity contribution is 7.88. The van der Waals surface area contributed by atoms with Crippen LogP contribution in [0.2, 0.25) is 0 Å². The first kappa shape index (κ1) is 15.3.